The van der Waals surface area contributed by atoms with Crippen molar-refractivity contribution in [2.24, 2.45) is 0 Å². The van der Waals surface area contributed by atoms with Gasteiger partial charge in [-0.1, -0.05) is 29.8 Å². The topological polar surface area (TPSA) is 29.9 Å². The van der Waals surface area contributed by atoms with Crippen LogP contribution < -0.4 is 5.32 Å². The number of rotatable bonds is 5. The maximum atomic E-state index is 4.37. The summed E-state index contributed by atoms with van der Waals surface area (Å²) in [6.45, 7) is 5.31. The third-order valence-corrected chi connectivity index (χ3v) is 3.37. The molecule has 0 bridgehead atoms. The third kappa shape index (κ3) is 2.93. The first-order valence-corrected chi connectivity index (χ1v) is 7.10. The van der Waals surface area contributed by atoms with E-state index in [-0.39, 0.29) is 0 Å². The molecule has 1 N–H and O–H groups in total. The molecule has 0 atom stereocenters. The largest absolute Gasteiger partial charge is 0.325 e. The maximum absolute atomic E-state index is 4.37. The molecule has 2 aromatic rings. The van der Waals surface area contributed by atoms with Crippen molar-refractivity contribution >= 4 is 27.6 Å². The molecule has 1 aromatic heterocycles. The predicted molar refractivity (Wildman–Crippen MR) is 79.3 cm³/mol. The molecule has 0 aliphatic rings. The van der Waals surface area contributed by atoms with Gasteiger partial charge in [-0.3, -0.25) is 0 Å². The van der Waals surface area contributed by atoms with Gasteiger partial charge in [0.25, 0.3) is 0 Å². The zero-order valence-electron chi connectivity index (χ0n) is 10.8. The van der Waals surface area contributed by atoms with Crippen molar-refractivity contribution in [2.45, 2.75) is 33.2 Å². The van der Waals surface area contributed by atoms with Crippen molar-refractivity contribution < 1.29 is 0 Å². The lowest BCUT2D eigenvalue weighted by Crippen LogP contribution is -2.04. The SMILES string of the molecule is CCCn1ccnc1Nc1ccc(Br)cc1CC. The third-order valence-electron chi connectivity index (χ3n) is 2.87. The Balaban J connectivity index is 2.25. The second-order valence-corrected chi connectivity index (χ2v) is 5.14. The molecule has 18 heavy (non-hydrogen) atoms. The number of aryl methyl sites for hydroxylation is 2. The Hall–Kier alpha value is -1.29. The van der Waals surface area contributed by atoms with Crippen LogP contribution in [0, 0.1) is 0 Å². The molecular weight excluding hydrogens is 290 g/mol. The minimum absolute atomic E-state index is 0.911. The fourth-order valence-corrected chi connectivity index (χ4v) is 2.36. The van der Waals surface area contributed by atoms with Crippen LogP contribution in [0.2, 0.25) is 0 Å². The van der Waals surface area contributed by atoms with Crippen LogP contribution in [-0.2, 0) is 13.0 Å². The highest BCUT2D eigenvalue weighted by Crippen LogP contribution is 2.24. The van der Waals surface area contributed by atoms with Crippen LogP contribution in [0.1, 0.15) is 25.8 Å². The van der Waals surface area contributed by atoms with E-state index in [9.17, 15) is 0 Å². The molecule has 0 aliphatic heterocycles. The molecule has 0 saturated carbocycles. The molecule has 3 nitrogen and oxygen atoms in total. The highest BCUT2D eigenvalue weighted by Gasteiger charge is 2.06. The molecule has 0 fully saturated rings. The minimum atomic E-state index is 0.911. The van der Waals surface area contributed by atoms with Crippen LogP contribution in [0.15, 0.2) is 35.1 Å². The van der Waals surface area contributed by atoms with Crippen molar-refractivity contribution in [1.29, 1.82) is 0 Å². The molecule has 4 heteroatoms. The Labute approximate surface area is 116 Å². The molecule has 0 radical (unpaired) electrons. The number of halogens is 1. The van der Waals surface area contributed by atoms with Crippen LogP contribution in [-0.4, -0.2) is 9.55 Å². The van der Waals surface area contributed by atoms with Gasteiger partial charge in [0.1, 0.15) is 0 Å². The summed E-state index contributed by atoms with van der Waals surface area (Å²) in [5, 5.41) is 3.42. The average Bonchev–Trinajstić information content (AvgIpc) is 2.79. The standard InChI is InChI=1S/C14H18BrN3/c1-3-8-18-9-7-16-14(18)17-13-6-5-12(15)10-11(13)4-2/h5-7,9-10H,3-4,8H2,1-2H3,(H,16,17). The van der Waals surface area contributed by atoms with Crippen molar-refractivity contribution in [1.82, 2.24) is 9.55 Å². The van der Waals surface area contributed by atoms with Gasteiger partial charge < -0.3 is 9.88 Å². The Morgan fingerprint density at radius 2 is 2.17 bits per heavy atom. The summed E-state index contributed by atoms with van der Waals surface area (Å²) < 4.78 is 3.25. The van der Waals surface area contributed by atoms with Gasteiger partial charge in [0.2, 0.25) is 5.95 Å². The molecule has 1 heterocycles. The van der Waals surface area contributed by atoms with E-state index in [4.69, 9.17) is 0 Å². The van der Waals surface area contributed by atoms with Crippen molar-refractivity contribution in [2.75, 3.05) is 5.32 Å². The number of anilines is 2. The van der Waals surface area contributed by atoms with Gasteiger partial charge in [-0.25, -0.2) is 4.98 Å². The second kappa shape index (κ2) is 6.05. The molecule has 1 aromatic carbocycles. The Bertz CT molecular complexity index is 520. The van der Waals surface area contributed by atoms with E-state index in [0.29, 0.717) is 0 Å². The van der Waals surface area contributed by atoms with Crippen molar-refractivity contribution in [3.8, 4) is 0 Å². The molecule has 0 amide bonds. The lowest BCUT2D eigenvalue weighted by molar-refractivity contribution is 0.686. The number of nitrogens with one attached hydrogen (secondary N) is 1. The van der Waals surface area contributed by atoms with E-state index in [2.05, 4.69) is 62.8 Å². The van der Waals surface area contributed by atoms with Crippen molar-refractivity contribution in [3.05, 3.63) is 40.6 Å². The summed E-state index contributed by atoms with van der Waals surface area (Å²) in [6, 6.07) is 6.29. The number of hydrogen-bond donors (Lipinski definition) is 1. The monoisotopic (exact) mass is 307 g/mol. The molecule has 0 spiro atoms. The summed E-state index contributed by atoms with van der Waals surface area (Å²) in [7, 11) is 0. The normalized spacial score (nSPS) is 10.6. The number of hydrogen-bond acceptors (Lipinski definition) is 2. The van der Waals surface area contributed by atoms with Gasteiger partial charge in [-0.15, -0.1) is 0 Å². The minimum Gasteiger partial charge on any atom is -0.325 e. The molecule has 0 unspecified atom stereocenters. The maximum Gasteiger partial charge on any atom is 0.207 e. The first-order valence-electron chi connectivity index (χ1n) is 6.31. The molecule has 0 aliphatic carbocycles. The Kier molecular flexibility index (Phi) is 4.42. The summed E-state index contributed by atoms with van der Waals surface area (Å²) >= 11 is 3.51. The molecule has 96 valence electrons. The zero-order valence-corrected chi connectivity index (χ0v) is 12.4. The lowest BCUT2D eigenvalue weighted by atomic mass is 10.1. The van der Waals surface area contributed by atoms with Crippen molar-refractivity contribution in [3.63, 3.8) is 0 Å². The zero-order chi connectivity index (χ0) is 13.0. The quantitative estimate of drug-likeness (QED) is 0.889. The number of nitrogens with zero attached hydrogens (tertiary/aromatic N) is 2. The van der Waals surface area contributed by atoms with Gasteiger partial charge >= 0.3 is 0 Å². The highest BCUT2D eigenvalue weighted by molar-refractivity contribution is 9.10. The van der Waals surface area contributed by atoms with Crippen LogP contribution in [0.5, 0.6) is 0 Å². The fourth-order valence-electron chi connectivity index (χ4n) is 1.95. The van der Waals surface area contributed by atoms with E-state index < -0.39 is 0 Å². The Morgan fingerprint density at radius 1 is 1.33 bits per heavy atom. The fraction of sp³-hybridized carbons (Fsp3) is 0.357. The molecule has 2 rings (SSSR count). The highest BCUT2D eigenvalue weighted by atomic mass is 79.9. The van der Waals surface area contributed by atoms with Crippen LogP contribution >= 0.6 is 15.9 Å². The van der Waals surface area contributed by atoms with E-state index in [1.165, 1.54) is 5.56 Å². The molecular formula is C14H18BrN3. The summed E-state index contributed by atoms with van der Waals surface area (Å²) in [5.74, 6) is 0.911. The average molecular weight is 308 g/mol. The number of aromatic nitrogens is 2. The van der Waals surface area contributed by atoms with Gasteiger partial charge in [0.15, 0.2) is 0 Å². The van der Waals surface area contributed by atoms with Gasteiger partial charge in [0, 0.05) is 29.1 Å². The van der Waals surface area contributed by atoms with Gasteiger partial charge in [0.05, 0.1) is 0 Å². The smallest absolute Gasteiger partial charge is 0.207 e. The van der Waals surface area contributed by atoms with Crippen LogP contribution in [0.3, 0.4) is 0 Å². The Morgan fingerprint density at radius 3 is 2.89 bits per heavy atom. The first kappa shape index (κ1) is 13.1. The predicted octanol–water partition coefficient (Wildman–Crippen LogP) is 4.36. The summed E-state index contributed by atoms with van der Waals surface area (Å²) in [5.41, 5.74) is 2.42. The van der Waals surface area contributed by atoms with E-state index >= 15 is 0 Å². The first-order chi connectivity index (χ1) is 8.74. The van der Waals surface area contributed by atoms with E-state index in [1.54, 1.807) is 0 Å². The lowest BCUT2D eigenvalue weighted by Gasteiger charge is -2.12. The van der Waals surface area contributed by atoms with E-state index in [1.807, 2.05) is 12.4 Å². The van der Waals surface area contributed by atoms with Gasteiger partial charge in [-0.05, 0) is 36.6 Å². The second-order valence-electron chi connectivity index (χ2n) is 4.22. The van der Waals surface area contributed by atoms with E-state index in [0.717, 1.165) is 35.5 Å². The van der Waals surface area contributed by atoms with Crippen LogP contribution in [0.25, 0.3) is 0 Å². The summed E-state index contributed by atoms with van der Waals surface area (Å²) in [6.07, 6.45) is 5.95. The van der Waals surface area contributed by atoms with Gasteiger partial charge in [-0.2, -0.15) is 0 Å². The number of benzene rings is 1. The number of imidazole rings is 1. The van der Waals surface area contributed by atoms with Crippen LogP contribution in [0.4, 0.5) is 11.6 Å². The summed E-state index contributed by atoms with van der Waals surface area (Å²) in [4.78, 5) is 4.37. The molecule has 0 saturated heterocycles.